The van der Waals surface area contributed by atoms with Crippen LogP contribution in [0.2, 0.25) is 0 Å². The fourth-order valence-corrected chi connectivity index (χ4v) is 10.1. The quantitative estimate of drug-likeness (QED) is 0.0163. The molecular formula is C64H70N8O19. The van der Waals surface area contributed by atoms with Gasteiger partial charge in [0.25, 0.3) is 11.8 Å². The number of nitrogens with one attached hydrogen (secondary N) is 1. The molecule has 0 spiro atoms. The molecule has 0 aliphatic carbocycles. The van der Waals surface area contributed by atoms with Crippen molar-refractivity contribution < 1.29 is 92.1 Å². The fourth-order valence-electron chi connectivity index (χ4n) is 10.1. The summed E-state index contributed by atoms with van der Waals surface area (Å²) in [5, 5.41) is 42.2. The van der Waals surface area contributed by atoms with Gasteiger partial charge in [0.2, 0.25) is 0 Å². The van der Waals surface area contributed by atoms with Crippen LogP contribution in [-0.2, 0) is 45.3 Å². The third kappa shape index (κ3) is 18.3. The summed E-state index contributed by atoms with van der Waals surface area (Å²) in [7, 11) is 8.57. The van der Waals surface area contributed by atoms with E-state index < -0.39 is 37.1 Å². The molecule has 0 unspecified atom stereocenters. The number of aromatic carboxylic acids is 2. The number of nitrogen functional groups attached to an aromatic ring is 1. The molecular weight excluding hydrogens is 1180 g/mol. The Morgan fingerprint density at radius 3 is 1.35 bits per heavy atom. The Morgan fingerprint density at radius 1 is 0.484 bits per heavy atom. The van der Waals surface area contributed by atoms with E-state index in [0.717, 1.165) is 5.56 Å². The standard InChI is InChI=1S/C64H70N8O19/c1-82-52-27-46(89-36-59(74)75)11-12-49(52)39-21-43(67-50(24-39)63(78)79)32-70-15-16-71(33-44-22-40(25-51(68-44)64(80)81)61-53(83-2)30-48(31-54(61)84-3)90-37-60(76)77)18-20-72(19-17-70)34-45-23-41(26-58(69-45)91-87-6)62-55(85-4)28-47(29-56(62)86-5)88-35-57(73)66-14-13-38-7-9-42(65)10-8-38/h7-12,21-31H,13-20,32-37,65H2,1-6H3,(H,66,73)(H,74,75)(H,76,77)(H,78,79)(H,80,81). The lowest BCUT2D eigenvalue weighted by Crippen LogP contribution is -2.36. The fraction of sp³-hybridized carbons (Fsp3) is 0.312. The predicted octanol–water partition coefficient (Wildman–Crippen LogP) is 6.32. The number of pyridine rings is 3. The minimum atomic E-state index is -1.30. The van der Waals surface area contributed by atoms with Crippen molar-refractivity contribution in [3.8, 4) is 85.3 Å². The Balaban J connectivity index is 1.12. The molecule has 3 aromatic heterocycles. The number of carboxylic acid groups (broad SMARTS) is 4. The number of carbonyl (C=O) groups excluding carboxylic acids is 1. The van der Waals surface area contributed by atoms with Crippen molar-refractivity contribution >= 4 is 35.5 Å². The SMILES string of the molecule is COOc1cc(-c2c(OC)cc(OCC(=O)NCCc3ccc(N)cc3)cc2OC)cc(CN2CCN(Cc3cc(-c4ccc(OCC(=O)O)cc4OC)cc(C(=O)O)n3)CCN(Cc3cc(-c4c(OC)cc(OCC(=O)O)cc4OC)cc(C(=O)O)n3)CC2)n1. The Labute approximate surface area is 523 Å². The molecule has 0 bridgehead atoms. The molecule has 1 fully saturated rings. The molecule has 1 amide bonds. The van der Waals surface area contributed by atoms with Gasteiger partial charge in [0, 0.05) is 113 Å². The highest BCUT2D eigenvalue weighted by molar-refractivity contribution is 5.90. The summed E-state index contributed by atoms with van der Waals surface area (Å²) in [4.78, 5) is 92.2. The molecule has 91 heavy (non-hydrogen) atoms. The lowest BCUT2D eigenvalue weighted by atomic mass is 10.0. The van der Waals surface area contributed by atoms with Crippen LogP contribution >= 0.6 is 0 Å². The second-order valence-electron chi connectivity index (χ2n) is 20.6. The average Bonchev–Trinajstić information content (AvgIpc) is 0.913. The van der Waals surface area contributed by atoms with Crippen molar-refractivity contribution in [3.63, 3.8) is 0 Å². The molecule has 1 aliphatic rings. The average molecular weight is 1260 g/mol. The van der Waals surface area contributed by atoms with Gasteiger partial charge >= 0.3 is 23.9 Å². The number of hydrogen-bond donors (Lipinski definition) is 6. The van der Waals surface area contributed by atoms with E-state index in [1.165, 1.54) is 73.0 Å². The smallest absolute Gasteiger partial charge is 0.354 e. The minimum absolute atomic E-state index is 0.109. The molecule has 1 aliphatic heterocycles. The van der Waals surface area contributed by atoms with Crippen molar-refractivity contribution in [1.82, 2.24) is 35.0 Å². The molecule has 27 heteroatoms. The molecule has 27 nitrogen and oxygen atoms in total. The number of hydrogen-bond acceptors (Lipinski definition) is 22. The van der Waals surface area contributed by atoms with E-state index in [1.54, 1.807) is 54.6 Å². The van der Waals surface area contributed by atoms with Gasteiger partial charge in [0.15, 0.2) is 19.8 Å². The van der Waals surface area contributed by atoms with Crippen LogP contribution in [0.25, 0.3) is 33.4 Å². The van der Waals surface area contributed by atoms with Gasteiger partial charge in [-0.25, -0.2) is 34.1 Å². The lowest BCUT2D eigenvalue weighted by Gasteiger charge is -2.26. The lowest BCUT2D eigenvalue weighted by molar-refractivity contribution is -0.181. The Bertz CT molecular complexity index is 3690. The van der Waals surface area contributed by atoms with Crippen molar-refractivity contribution in [2.24, 2.45) is 0 Å². The van der Waals surface area contributed by atoms with E-state index in [2.05, 4.69) is 30.0 Å². The van der Waals surface area contributed by atoms with Crippen molar-refractivity contribution in [3.05, 3.63) is 137 Å². The van der Waals surface area contributed by atoms with E-state index in [4.69, 9.17) is 58.4 Å². The summed E-state index contributed by atoms with van der Waals surface area (Å²) < 4.78 is 45.8. The zero-order valence-electron chi connectivity index (χ0n) is 50.9. The largest absolute Gasteiger partial charge is 0.496 e. The highest BCUT2D eigenvalue weighted by atomic mass is 17.2. The molecule has 7 N–H and O–H groups in total. The first-order valence-corrected chi connectivity index (χ1v) is 28.4. The Kier molecular flexibility index (Phi) is 23.1. The van der Waals surface area contributed by atoms with Crippen LogP contribution in [0.15, 0.2) is 103 Å². The van der Waals surface area contributed by atoms with E-state index in [1.807, 2.05) is 18.2 Å². The second-order valence-corrected chi connectivity index (χ2v) is 20.6. The normalized spacial score (nSPS) is 12.9. The number of carboxylic acids is 4. The monoisotopic (exact) mass is 1250 g/mol. The van der Waals surface area contributed by atoms with Gasteiger partial charge in [-0.3, -0.25) is 19.5 Å². The van der Waals surface area contributed by atoms with Gasteiger partial charge < -0.3 is 74.3 Å². The van der Waals surface area contributed by atoms with Crippen molar-refractivity contribution in [2.75, 3.05) is 114 Å². The van der Waals surface area contributed by atoms with Gasteiger partial charge in [-0.1, -0.05) is 12.1 Å². The highest BCUT2D eigenvalue weighted by Gasteiger charge is 2.26. The van der Waals surface area contributed by atoms with Crippen LogP contribution < -0.4 is 53.8 Å². The number of methoxy groups -OCH3 is 5. The number of nitrogens with zero attached hydrogens (tertiary/aromatic N) is 6. The van der Waals surface area contributed by atoms with Crippen LogP contribution in [-0.4, -0.2) is 188 Å². The summed E-state index contributed by atoms with van der Waals surface area (Å²) in [5.74, 6) is -3.07. The number of ether oxygens (including phenoxy) is 8. The summed E-state index contributed by atoms with van der Waals surface area (Å²) in [6.45, 7) is 1.93. The first kappa shape index (κ1) is 66.5. The van der Waals surface area contributed by atoms with Crippen LogP contribution in [0.4, 0.5) is 5.69 Å². The number of anilines is 1. The van der Waals surface area contributed by atoms with E-state index in [-0.39, 0.29) is 72.4 Å². The summed E-state index contributed by atoms with van der Waals surface area (Å²) in [6.07, 6.45) is 0.600. The van der Waals surface area contributed by atoms with Gasteiger partial charge in [-0.05, 0) is 83.3 Å². The van der Waals surface area contributed by atoms with Crippen LogP contribution in [0.5, 0.6) is 51.9 Å². The Hall–Kier alpha value is -10.5. The molecule has 7 aromatic rings. The number of aromatic nitrogens is 3. The molecule has 8 rings (SSSR count). The van der Waals surface area contributed by atoms with Gasteiger partial charge in [0.1, 0.15) is 57.4 Å². The zero-order chi connectivity index (χ0) is 65.1. The third-order valence-electron chi connectivity index (χ3n) is 14.4. The maximum absolute atomic E-state index is 12.9. The molecule has 480 valence electrons. The minimum Gasteiger partial charge on any atom is -0.496 e. The number of nitrogens with two attached hydrogens (primary N) is 1. The predicted molar refractivity (Wildman–Crippen MR) is 328 cm³/mol. The van der Waals surface area contributed by atoms with Crippen LogP contribution in [0.3, 0.4) is 0 Å². The van der Waals surface area contributed by atoms with E-state index in [0.29, 0.717) is 131 Å². The van der Waals surface area contributed by atoms with Gasteiger partial charge in [-0.2, -0.15) is 4.89 Å². The first-order valence-electron chi connectivity index (χ1n) is 28.4. The van der Waals surface area contributed by atoms with Crippen LogP contribution in [0.1, 0.15) is 43.6 Å². The summed E-state index contributed by atoms with van der Waals surface area (Å²) in [6, 6.07) is 28.2. The topological polar surface area (TPSA) is 345 Å². The van der Waals surface area contributed by atoms with Crippen molar-refractivity contribution in [2.45, 2.75) is 26.1 Å². The molecule has 4 aromatic carbocycles. The van der Waals surface area contributed by atoms with Gasteiger partial charge in [0.05, 0.1) is 70.9 Å². The van der Waals surface area contributed by atoms with E-state index >= 15 is 0 Å². The van der Waals surface area contributed by atoms with E-state index in [9.17, 15) is 44.4 Å². The number of benzene rings is 4. The third-order valence-corrected chi connectivity index (χ3v) is 14.4. The summed E-state index contributed by atoms with van der Waals surface area (Å²) in [5.41, 5.74) is 11.1. The molecule has 0 atom stereocenters. The maximum atomic E-state index is 12.9. The molecule has 0 saturated carbocycles. The maximum Gasteiger partial charge on any atom is 0.354 e. The van der Waals surface area contributed by atoms with Gasteiger partial charge in [-0.15, -0.1) is 0 Å². The Morgan fingerprint density at radius 2 is 0.901 bits per heavy atom. The highest BCUT2D eigenvalue weighted by Crippen LogP contribution is 2.44. The number of rotatable bonds is 30. The second kappa shape index (κ2) is 31.6. The molecule has 0 radical (unpaired) electrons. The van der Waals surface area contributed by atoms with Crippen molar-refractivity contribution in [1.29, 1.82) is 0 Å². The number of amides is 1. The molecule has 1 saturated heterocycles. The number of aliphatic carboxylic acids is 2. The summed E-state index contributed by atoms with van der Waals surface area (Å²) >= 11 is 0. The molecule has 4 heterocycles. The first-order chi connectivity index (χ1) is 43.8. The number of carbonyl (C=O) groups is 5. The van der Waals surface area contributed by atoms with Crippen LogP contribution in [0, 0.1) is 0 Å². The zero-order valence-corrected chi connectivity index (χ0v) is 50.9.